The lowest BCUT2D eigenvalue weighted by Gasteiger charge is -2.29. The van der Waals surface area contributed by atoms with E-state index in [9.17, 15) is 14.8 Å². The van der Waals surface area contributed by atoms with Crippen LogP contribution in [0.1, 0.15) is 55.1 Å². The average Bonchev–Trinajstić information content (AvgIpc) is 3.56. The molecule has 0 bridgehead atoms. The molecule has 190 valence electrons. The summed E-state index contributed by atoms with van der Waals surface area (Å²) in [6.45, 7) is 1.04. The van der Waals surface area contributed by atoms with Gasteiger partial charge in [0.1, 0.15) is 22.8 Å². The van der Waals surface area contributed by atoms with Crippen molar-refractivity contribution in [2.75, 3.05) is 19.7 Å². The fourth-order valence-corrected chi connectivity index (χ4v) is 5.14. The normalized spacial score (nSPS) is 17.2. The summed E-state index contributed by atoms with van der Waals surface area (Å²) >= 11 is 6.44. The Morgan fingerprint density at radius 2 is 2.03 bits per heavy atom. The molecule has 1 atom stereocenters. The van der Waals surface area contributed by atoms with Crippen LogP contribution in [0, 0.1) is 17.3 Å². The molecular weight excluding hydrogens is 499 g/mol. The molecule has 1 N–H and O–H groups in total. The number of nitriles is 1. The van der Waals surface area contributed by atoms with E-state index in [1.165, 1.54) is 18.3 Å². The lowest BCUT2D eigenvalue weighted by Crippen LogP contribution is -2.32. The number of pyridine rings is 2. The third-order valence-corrected chi connectivity index (χ3v) is 7.24. The minimum atomic E-state index is -0.838. The van der Waals surface area contributed by atoms with Gasteiger partial charge in [-0.2, -0.15) is 10.4 Å². The molecule has 0 aromatic carbocycles. The predicted octanol–water partition coefficient (Wildman–Crippen LogP) is 3.89. The van der Waals surface area contributed by atoms with Crippen molar-refractivity contribution in [3.05, 3.63) is 59.0 Å². The van der Waals surface area contributed by atoms with Crippen molar-refractivity contribution in [3.63, 3.8) is 0 Å². The number of aliphatic hydroxyl groups is 1. The van der Waals surface area contributed by atoms with Crippen molar-refractivity contribution in [3.8, 4) is 23.2 Å². The van der Waals surface area contributed by atoms with Gasteiger partial charge < -0.3 is 14.7 Å². The van der Waals surface area contributed by atoms with Crippen molar-refractivity contribution < 1.29 is 14.2 Å². The number of fused-ring (bicyclic) bond motifs is 1. The number of hydrogen-bond donors (Lipinski definition) is 1. The van der Waals surface area contributed by atoms with Crippen LogP contribution in [0.2, 0.25) is 5.02 Å². The molecule has 0 spiro atoms. The molecule has 5 heterocycles. The zero-order valence-electron chi connectivity index (χ0n) is 19.8. The number of piperidine rings is 1. The maximum Gasteiger partial charge on any atom is 0.179 e. The SMILES string of the molecule is N#CN1CCC(n2nnc(-c3cc(O[C@H](CO)c4ccc(F)cn4)c4c(Cl)cnn4c3)c2C2CC2)CC1. The van der Waals surface area contributed by atoms with Crippen LogP contribution in [-0.4, -0.2) is 59.3 Å². The second-order valence-electron chi connectivity index (χ2n) is 9.43. The van der Waals surface area contributed by atoms with Crippen LogP contribution in [0.5, 0.6) is 5.75 Å². The van der Waals surface area contributed by atoms with Gasteiger partial charge in [-0.25, -0.2) is 13.6 Å². The first-order valence-corrected chi connectivity index (χ1v) is 12.6. The van der Waals surface area contributed by atoms with E-state index in [2.05, 4.69) is 26.6 Å². The van der Waals surface area contributed by atoms with E-state index < -0.39 is 11.9 Å². The molecule has 4 aromatic rings. The second kappa shape index (κ2) is 9.61. The molecule has 4 aromatic heterocycles. The Morgan fingerprint density at radius 1 is 1.22 bits per heavy atom. The number of nitrogens with zero attached hydrogens (tertiary/aromatic N) is 8. The van der Waals surface area contributed by atoms with Gasteiger partial charge in [0.15, 0.2) is 12.3 Å². The predicted molar refractivity (Wildman–Crippen MR) is 131 cm³/mol. The Labute approximate surface area is 216 Å². The van der Waals surface area contributed by atoms with E-state index in [4.69, 9.17) is 16.3 Å². The molecule has 1 aliphatic heterocycles. The van der Waals surface area contributed by atoms with Crippen molar-refractivity contribution in [1.29, 1.82) is 5.26 Å². The summed E-state index contributed by atoms with van der Waals surface area (Å²) < 4.78 is 23.3. The number of aliphatic hydroxyl groups excluding tert-OH is 1. The van der Waals surface area contributed by atoms with Gasteiger partial charge in [-0.05, 0) is 43.9 Å². The first kappa shape index (κ1) is 23.6. The summed E-state index contributed by atoms with van der Waals surface area (Å²) in [6.07, 6.45) is 9.65. The second-order valence-corrected chi connectivity index (χ2v) is 9.84. The number of aromatic nitrogens is 6. The Hall–Kier alpha value is -3.75. The first-order valence-electron chi connectivity index (χ1n) is 12.2. The van der Waals surface area contributed by atoms with Gasteiger partial charge in [0, 0.05) is 30.8 Å². The highest BCUT2D eigenvalue weighted by molar-refractivity contribution is 6.34. The Morgan fingerprint density at radius 3 is 2.70 bits per heavy atom. The monoisotopic (exact) mass is 522 g/mol. The molecule has 1 aliphatic carbocycles. The summed E-state index contributed by atoms with van der Waals surface area (Å²) in [5.41, 5.74) is 3.52. The molecular formula is C25H24ClFN8O2. The lowest BCUT2D eigenvalue weighted by atomic mass is 10.0. The van der Waals surface area contributed by atoms with E-state index in [1.54, 1.807) is 9.42 Å². The Kier molecular flexibility index (Phi) is 6.14. The highest BCUT2D eigenvalue weighted by atomic mass is 35.5. The quantitative estimate of drug-likeness (QED) is 0.363. The molecule has 12 heteroatoms. The van der Waals surface area contributed by atoms with Crippen molar-refractivity contribution in [1.82, 2.24) is 34.5 Å². The average molecular weight is 523 g/mol. The third kappa shape index (κ3) is 4.47. The minimum absolute atomic E-state index is 0.184. The van der Waals surface area contributed by atoms with Gasteiger partial charge in [0.25, 0.3) is 0 Å². The largest absolute Gasteiger partial charge is 0.479 e. The maximum atomic E-state index is 13.4. The molecule has 37 heavy (non-hydrogen) atoms. The molecule has 0 amide bonds. The summed E-state index contributed by atoms with van der Waals surface area (Å²) in [7, 11) is 0. The van der Waals surface area contributed by atoms with Crippen LogP contribution in [-0.2, 0) is 0 Å². The highest BCUT2D eigenvalue weighted by Gasteiger charge is 2.35. The van der Waals surface area contributed by atoms with Crippen LogP contribution in [0.15, 0.2) is 36.8 Å². The fraction of sp³-hybridized carbons (Fsp3) is 0.400. The molecule has 1 saturated carbocycles. The molecule has 10 nitrogen and oxygen atoms in total. The highest BCUT2D eigenvalue weighted by Crippen LogP contribution is 2.46. The van der Waals surface area contributed by atoms with Crippen molar-refractivity contribution in [2.45, 2.75) is 43.7 Å². The third-order valence-electron chi connectivity index (χ3n) is 6.97. The van der Waals surface area contributed by atoms with E-state index >= 15 is 0 Å². The van der Waals surface area contributed by atoms with Crippen molar-refractivity contribution in [2.24, 2.45) is 0 Å². The van der Waals surface area contributed by atoms with E-state index in [0.717, 1.165) is 48.8 Å². The fourth-order valence-electron chi connectivity index (χ4n) is 4.91. The van der Waals surface area contributed by atoms with Crippen LogP contribution in [0.3, 0.4) is 0 Å². The molecule has 6 rings (SSSR count). The van der Waals surface area contributed by atoms with Gasteiger partial charge in [-0.15, -0.1) is 5.10 Å². The van der Waals surface area contributed by atoms with Crippen LogP contribution in [0.4, 0.5) is 4.39 Å². The van der Waals surface area contributed by atoms with E-state index in [-0.39, 0.29) is 12.6 Å². The number of rotatable bonds is 7. The minimum Gasteiger partial charge on any atom is -0.479 e. The zero-order valence-corrected chi connectivity index (χ0v) is 20.6. The molecule has 0 unspecified atom stereocenters. The summed E-state index contributed by atoms with van der Waals surface area (Å²) in [5, 5.41) is 33.1. The van der Waals surface area contributed by atoms with E-state index in [1.807, 2.05) is 16.9 Å². The lowest BCUT2D eigenvalue weighted by molar-refractivity contribution is 0.114. The first-order chi connectivity index (χ1) is 18.1. The van der Waals surface area contributed by atoms with Crippen LogP contribution in [0.25, 0.3) is 16.8 Å². The zero-order chi connectivity index (χ0) is 25.5. The van der Waals surface area contributed by atoms with Gasteiger partial charge >= 0.3 is 0 Å². The summed E-state index contributed by atoms with van der Waals surface area (Å²) in [6, 6.07) is 4.76. The van der Waals surface area contributed by atoms with Crippen LogP contribution >= 0.6 is 11.6 Å². The number of halogens is 2. The molecule has 0 radical (unpaired) electrons. The standard InChI is InChI=1S/C25H24ClFN8O2/c26-19-11-30-34-12-16(9-21(25(19)34)37-22(13-36)20-4-3-17(27)10-29-20)23-24(15-1-2-15)35(32-31-23)18-5-7-33(14-28)8-6-18/h3-4,9-12,15,18,22,36H,1-2,5-8,13H2/t22-/m1/s1. The number of likely N-dealkylation sites (tertiary alicyclic amines) is 1. The van der Waals surface area contributed by atoms with Gasteiger partial charge in [-0.3, -0.25) is 4.98 Å². The Balaban J connectivity index is 1.39. The smallest absolute Gasteiger partial charge is 0.179 e. The van der Waals surface area contributed by atoms with Crippen molar-refractivity contribution >= 4 is 17.1 Å². The van der Waals surface area contributed by atoms with E-state index in [0.29, 0.717) is 41.0 Å². The molecule has 2 fully saturated rings. The van der Waals surface area contributed by atoms with Crippen LogP contribution < -0.4 is 4.74 Å². The topological polar surface area (TPSA) is 117 Å². The Bertz CT molecular complexity index is 1470. The summed E-state index contributed by atoms with van der Waals surface area (Å²) in [4.78, 5) is 5.84. The number of hydrogen-bond acceptors (Lipinski definition) is 8. The summed E-state index contributed by atoms with van der Waals surface area (Å²) in [5.74, 6) is 0.287. The maximum absolute atomic E-state index is 13.4. The molecule has 2 aliphatic rings. The number of ether oxygens (including phenoxy) is 1. The van der Waals surface area contributed by atoms with Gasteiger partial charge in [0.2, 0.25) is 0 Å². The molecule has 1 saturated heterocycles. The van der Waals surface area contributed by atoms with Gasteiger partial charge in [-0.1, -0.05) is 16.8 Å². The van der Waals surface area contributed by atoms with Gasteiger partial charge in [0.05, 0.1) is 41.5 Å².